The normalized spacial score (nSPS) is 17.8. The van der Waals surface area contributed by atoms with E-state index in [0.717, 1.165) is 0 Å². The van der Waals surface area contributed by atoms with Gasteiger partial charge >= 0.3 is 5.97 Å². The summed E-state index contributed by atoms with van der Waals surface area (Å²) in [6.45, 7) is 1.92. The molecule has 0 saturated carbocycles. The number of benzene rings is 1. The highest BCUT2D eigenvalue weighted by Gasteiger charge is 2.32. The molecule has 4 nitrogen and oxygen atoms in total. The van der Waals surface area contributed by atoms with Crippen molar-refractivity contribution in [3.63, 3.8) is 0 Å². The van der Waals surface area contributed by atoms with Crippen molar-refractivity contribution in [1.29, 1.82) is 0 Å². The molecule has 1 heterocycles. The SMILES string of the molecule is CCOC(=O)C1C=Nc2c(Cl)cccc2C1=O. The van der Waals surface area contributed by atoms with Gasteiger partial charge in [-0.3, -0.25) is 14.6 Å². The van der Waals surface area contributed by atoms with Gasteiger partial charge in [0.15, 0.2) is 11.7 Å². The fourth-order valence-corrected chi connectivity index (χ4v) is 1.85. The van der Waals surface area contributed by atoms with Gasteiger partial charge in [0.25, 0.3) is 0 Å². The second kappa shape index (κ2) is 4.67. The Balaban J connectivity index is 2.37. The van der Waals surface area contributed by atoms with E-state index in [0.29, 0.717) is 16.3 Å². The first kappa shape index (κ1) is 11.8. The zero-order chi connectivity index (χ0) is 12.4. The van der Waals surface area contributed by atoms with Gasteiger partial charge < -0.3 is 4.74 Å². The van der Waals surface area contributed by atoms with Gasteiger partial charge in [0.1, 0.15) is 0 Å². The second-order valence-corrected chi connectivity index (χ2v) is 3.92. The zero-order valence-electron chi connectivity index (χ0n) is 9.14. The Bertz CT molecular complexity index is 510. The van der Waals surface area contributed by atoms with E-state index >= 15 is 0 Å². The largest absolute Gasteiger partial charge is 0.465 e. The number of hydrogen-bond acceptors (Lipinski definition) is 4. The van der Waals surface area contributed by atoms with E-state index in [1.807, 2.05) is 0 Å². The molecule has 0 amide bonds. The van der Waals surface area contributed by atoms with Crippen molar-refractivity contribution in [2.24, 2.45) is 10.9 Å². The van der Waals surface area contributed by atoms with Crippen LogP contribution >= 0.6 is 11.6 Å². The fourth-order valence-electron chi connectivity index (χ4n) is 1.63. The molecule has 0 N–H and O–H groups in total. The summed E-state index contributed by atoms with van der Waals surface area (Å²) < 4.78 is 4.81. The smallest absolute Gasteiger partial charge is 0.322 e. The highest BCUT2D eigenvalue weighted by Crippen LogP contribution is 2.33. The molecule has 0 spiro atoms. The minimum Gasteiger partial charge on any atom is -0.465 e. The van der Waals surface area contributed by atoms with Crippen LogP contribution < -0.4 is 0 Å². The Hall–Kier alpha value is -1.68. The van der Waals surface area contributed by atoms with Crippen LogP contribution in [0.5, 0.6) is 0 Å². The summed E-state index contributed by atoms with van der Waals surface area (Å²) in [5.41, 5.74) is 0.776. The van der Waals surface area contributed by atoms with Crippen molar-refractivity contribution >= 4 is 35.3 Å². The number of halogens is 1. The van der Waals surface area contributed by atoms with E-state index in [4.69, 9.17) is 16.3 Å². The van der Waals surface area contributed by atoms with Crippen molar-refractivity contribution in [2.75, 3.05) is 6.61 Å². The van der Waals surface area contributed by atoms with Gasteiger partial charge in [-0.05, 0) is 19.1 Å². The number of carbonyl (C=O) groups excluding carboxylic acids is 2. The standard InChI is InChI=1S/C12H10ClNO3/c1-2-17-12(16)8-6-14-10-7(11(8)15)4-3-5-9(10)13/h3-6,8H,2H2,1H3. The van der Waals surface area contributed by atoms with Crippen molar-refractivity contribution in [1.82, 2.24) is 0 Å². The molecule has 1 aliphatic heterocycles. The predicted octanol–water partition coefficient (Wildman–Crippen LogP) is 2.42. The monoisotopic (exact) mass is 251 g/mol. The van der Waals surface area contributed by atoms with Crippen LogP contribution in [0, 0.1) is 5.92 Å². The van der Waals surface area contributed by atoms with Gasteiger partial charge in [-0.25, -0.2) is 0 Å². The van der Waals surface area contributed by atoms with Crippen LogP contribution in [0.2, 0.25) is 5.02 Å². The molecule has 1 atom stereocenters. The lowest BCUT2D eigenvalue weighted by Gasteiger charge is -2.16. The number of nitrogens with zero attached hydrogens (tertiary/aromatic N) is 1. The second-order valence-electron chi connectivity index (χ2n) is 3.51. The highest BCUT2D eigenvalue weighted by atomic mass is 35.5. The summed E-state index contributed by atoms with van der Waals surface area (Å²) in [5.74, 6) is -1.86. The van der Waals surface area contributed by atoms with Crippen molar-refractivity contribution in [3.8, 4) is 0 Å². The van der Waals surface area contributed by atoms with Crippen molar-refractivity contribution < 1.29 is 14.3 Å². The number of hydrogen-bond donors (Lipinski definition) is 0. The number of ketones is 1. The Labute approximate surface area is 103 Å². The van der Waals surface area contributed by atoms with Crippen LogP contribution in [0.25, 0.3) is 0 Å². The van der Waals surface area contributed by atoms with E-state index in [2.05, 4.69) is 4.99 Å². The minimum absolute atomic E-state index is 0.235. The number of ether oxygens (including phenoxy) is 1. The molecule has 0 bridgehead atoms. The summed E-state index contributed by atoms with van der Waals surface area (Å²) in [5, 5.41) is 0.398. The summed E-state index contributed by atoms with van der Waals surface area (Å²) in [6.07, 6.45) is 1.29. The molecule has 1 aromatic rings. The topological polar surface area (TPSA) is 55.7 Å². The number of carbonyl (C=O) groups is 2. The number of esters is 1. The first-order valence-corrected chi connectivity index (χ1v) is 5.56. The average molecular weight is 252 g/mol. The van der Waals surface area contributed by atoms with Gasteiger partial charge in [-0.15, -0.1) is 0 Å². The first-order valence-electron chi connectivity index (χ1n) is 5.18. The van der Waals surface area contributed by atoms with Gasteiger partial charge in [0.05, 0.1) is 17.3 Å². The lowest BCUT2D eigenvalue weighted by atomic mass is 9.95. The zero-order valence-corrected chi connectivity index (χ0v) is 9.90. The van der Waals surface area contributed by atoms with Crippen molar-refractivity contribution in [2.45, 2.75) is 6.92 Å². The molecule has 0 radical (unpaired) electrons. The third kappa shape index (κ3) is 2.08. The molecule has 1 unspecified atom stereocenters. The van der Waals surface area contributed by atoms with Crippen LogP contribution in [-0.2, 0) is 9.53 Å². The number of fused-ring (bicyclic) bond motifs is 1. The Morgan fingerprint density at radius 3 is 3.00 bits per heavy atom. The summed E-state index contributed by atoms with van der Waals surface area (Å²) in [4.78, 5) is 27.6. The average Bonchev–Trinajstić information content (AvgIpc) is 2.31. The summed E-state index contributed by atoms with van der Waals surface area (Å²) in [6, 6.07) is 4.91. The molecular weight excluding hydrogens is 242 g/mol. The molecule has 5 heteroatoms. The third-order valence-corrected chi connectivity index (χ3v) is 2.73. The molecule has 1 aromatic carbocycles. The van der Waals surface area contributed by atoms with E-state index in [1.165, 1.54) is 6.21 Å². The Morgan fingerprint density at radius 2 is 2.29 bits per heavy atom. The lowest BCUT2D eigenvalue weighted by molar-refractivity contribution is -0.143. The van der Waals surface area contributed by atoms with Crippen LogP contribution in [-0.4, -0.2) is 24.6 Å². The van der Waals surface area contributed by atoms with Gasteiger partial charge in [0, 0.05) is 11.8 Å². The fraction of sp³-hybridized carbons (Fsp3) is 0.250. The molecule has 1 aliphatic rings. The number of Topliss-reactive ketones (excluding diaryl/α,β-unsaturated/α-hetero) is 1. The maximum Gasteiger partial charge on any atom is 0.322 e. The molecule has 0 saturated heterocycles. The molecule has 88 valence electrons. The molecule has 0 aromatic heterocycles. The first-order chi connectivity index (χ1) is 8.15. The predicted molar refractivity (Wildman–Crippen MR) is 64.1 cm³/mol. The number of para-hydroxylation sites is 1. The van der Waals surface area contributed by atoms with E-state index < -0.39 is 11.9 Å². The lowest BCUT2D eigenvalue weighted by Crippen LogP contribution is -2.29. The van der Waals surface area contributed by atoms with E-state index in [1.54, 1.807) is 25.1 Å². The number of rotatable bonds is 2. The van der Waals surface area contributed by atoms with E-state index in [9.17, 15) is 9.59 Å². The number of aliphatic imine (C=N–C) groups is 1. The quantitative estimate of drug-likeness (QED) is 0.599. The van der Waals surface area contributed by atoms with Crippen LogP contribution in [0.15, 0.2) is 23.2 Å². The molecular formula is C12H10ClNO3. The van der Waals surface area contributed by atoms with Gasteiger partial charge in [0.2, 0.25) is 0 Å². The summed E-state index contributed by atoms with van der Waals surface area (Å²) in [7, 11) is 0. The van der Waals surface area contributed by atoms with Crippen LogP contribution in [0.1, 0.15) is 17.3 Å². The van der Waals surface area contributed by atoms with Gasteiger partial charge in [-0.2, -0.15) is 0 Å². The highest BCUT2D eigenvalue weighted by molar-refractivity contribution is 6.35. The molecule has 0 fully saturated rings. The molecule has 2 rings (SSSR count). The van der Waals surface area contributed by atoms with Crippen molar-refractivity contribution in [3.05, 3.63) is 28.8 Å². The maximum absolute atomic E-state index is 12.0. The third-order valence-electron chi connectivity index (χ3n) is 2.43. The maximum atomic E-state index is 12.0. The van der Waals surface area contributed by atoms with Gasteiger partial charge in [-0.1, -0.05) is 17.7 Å². The van der Waals surface area contributed by atoms with Crippen LogP contribution in [0.4, 0.5) is 5.69 Å². The molecule has 17 heavy (non-hydrogen) atoms. The summed E-state index contributed by atoms with van der Waals surface area (Å²) >= 11 is 5.91. The minimum atomic E-state index is -0.957. The Kier molecular flexibility index (Phi) is 3.24. The van der Waals surface area contributed by atoms with E-state index in [-0.39, 0.29) is 12.4 Å². The molecule has 0 aliphatic carbocycles. The Morgan fingerprint density at radius 1 is 1.53 bits per heavy atom. The van der Waals surface area contributed by atoms with Crippen LogP contribution in [0.3, 0.4) is 0 Å².